The van der Waals surface area contributed by atoms with E-state index in [1.54, 1.807) is 24.3 Å². The van der Waals surface area contributed by atoms with E-state index in [1.807, 2.05) is 0 Å². The summed E-state index contributed by atoms with van der Waals surface area (Å²) in [5, 5.41) is 6.18. The third kappa shape index (κ3) is 3.37. The van der Waals surface area contributed by atoms with Crippen molar-refractivity contribution in [2.24, 2.45) is 11.8 Å². The molecular formula is C15H18F2N2OS. The lowest BCUT2D eigenvalue weighted by Gasteiger charge is -2.17. The zero-order valence-electron chi connectivity index (χ0n) is 11.5. The van der Waals surface area contributed by atoms with E-state index in [0.717, 1.165) is 13.0 Å². The highest BCUT2D eigenvalue weighted by molar-refractivity contribution is 7.99. The summed E-state index contributed by atoms with van der Waals surface area (Å²) in [4.78, 5) is 12.8. The molecule has 1 aliphatic carbocycles. The van der Waals surface area contributed by atoms with Gasteiger partial charge >= 0.3 is 0 Å². The summed E-state index contributed by atoms with van der Waals surface area (Å²) in [6.45, 7) is 0.923. The van der Waals surface area contributed by atoms with Gasteiger partial charge in [-0.15, -0.1) is 0 Å². The number of rotatable bonds is 4. The molecule has 1 aromatic rings. The van der Waals surface area contributed by atoms with Gasteiger partial charge in [0.1, 0.15) is 0 Å². The summed E-state index contributed by atoms with van der Waals surface area (Å²) in [5.41, 5.74) is 0.655. The third-order valence-corrected chi connectivity index (χ3v) is 5.10. The largest absolute Gasteiger partial charge is 0.325 e. The molecule has 6 heteroatoms. The first kappa shape index (κ1) is 14.8. The van der Waals surface area contributed by atoms with Gasteiger partial charge in [0.05, 0.1) is 6.04 Å². The second kappa shape index (κ2) is 6.32. The lowest BCUT2D eigenvalue weighted by molar-refractivity contribution is -0.118. The summed E-state index contributed by atoms with van der Waals surface area (Å²) in [6.07, 6.45) is 3.53. The number of carbonyl (C=O) groups is 1. The van der Waals surface area contributed by atoms with Crippen molar-refractivity contribution in [2.75, 3.05) is 11.9 Å². The van der Waals surface area contributed by atoms with Crippen LogP contribution in [0, 0.1) is 11.8 Å². The third-order valence-electron chi connectivity index (χ3n) is 4.38. The topological polar surface area (TPSA) is 41.1 Å². The van der Waals surface area contributed by atoms with Crippen LogP contribution in [0.15, 0.2) is 29.2 Å². The number of hydrogen-bond acceptors (Lipinski definition) is 3. The molecule has 3 rings (SSSR count). The number of fused-ring (bicyclic) bond motifs is 1. The Kier molecular flexibility index (Phi) is 4.45. The van der Waals surface area contributed by atoms with Crippen LogP contribution in [0.3, 0.4) is 0 Å². The van der Waals surface area contributed by atoms with Crippen LogP contribution >= 0.6 is 11.8 Å². The Balaban J connectivity index is 1.59. The van der Waals surface area contributed by atoms with E-state index in [0.29, 0.717) is 34.2 Å². The van der Waals surface area contributed by atoms with Crippen LogP contribution in [0.4, 0.5) is 14.5 Å². The Labute approximate surface area is 126 Å². The molecule has 1 aliphatic heterocycles. The van der Waals surface area contributed by atoms with Crippen LogP contribution in [-0.4, -0.2) is 24.3 Å². The van der Waals surface area contributed by atoms with Crippen molar-refractivity contribution in [3.8, 4) is 0 Å². The number of hydrogen-bond donors (Lipinski definition) is 2. The summed E-state index contributed by atoms with van der Waals surface area (Å²) in [7, 11) is 0. The fraction of sp³-hybridized carbons (Fsp3) is 0.533. The molecule has 0 bridgehead atoms. The molecule has 1 heterocycles. The fourth-order valence-corrected chi connectivity index (χ4v) is 3.91. The highest BCUT2D eigenvalue weighted by Gasteiger charge is 2.42. The maximum Gasteiger partial charge on any atom is 0.288 e. The summed E-state index contributed by atoms with van der Waals surface area (Å²) in [6, 6.07) is 6.43. The molecule has 2 fully saturated rings. The molecule has 1 saturated heterocycles. The predicted octanol–water partition coefficient (Wildman–Crippen LogP) is 3.33. The Morgan fingerprint density at radius 3 is 2.76 bits per heavy atom. The lowest BCUT2D eigenvalue weighted by atomic mass is 9.93. The second-order valence-corrected chi connectivity index (χ2v) is 6.70. The number of halogens is 2. The van der Waals surface area contributed by atoms with Gasteiger partial charge in [0.15, 0.2) is 0 Å². The standard InChI is InChI=1S/C15H18F2N2OS/c16-15(17)21-11-6-4-10(5-7-11)19-14(20)13-12-3-1-2-9(12)8-18-13/h4-7,9,12-13,15,18H,1-3,8H2,(H,19,20). The number of thioether (sulfide) groups is 1. The van der Waals surface area contributed by atoms with Gasteiger partial charge in [0, 0.05) is 10.6 Å². The Morgan fingerprint density at radius 1 is 1.29 bits per heavy atom. The van der Waals surface area contributed by atoms with Gasteiger partial charge in [-0.05, 0) is 55.5 Å². The van der Waals surface area contributed by atoms with Crippen molar-refractivity contribution in [1.29, 1.82) is 0 Å². The van der Waals surface area contributed by atoms with Crippen molar-refractivity contribution in [3.63, 3.8) is 0 Å². The Morgan fingerprint density at radius 2 is 2.05 bits per heavy atom. The zero-order chi connectivity index (χ0) is 14.8. The van der Waals surface area contributed by atoms with Gasteiger partial charge in [0.2, 0.25) is 5.91 Å². The smallest absolute Gasteiger partial charge is 0.288 e. The van der Waals surface area contributed by atoms with Crippen LogP contribution in [0.5, 0.6) is 0 Å². The van der Waals surface area contributed by atoms with Gasteiger partial charge < -0.3 is 10.6 Å². The first-order chi connectivity index (χ1) is 10.1. The number of carbonyl (C=O) groups excluding carboxylic acids is 1. The van der Waals surface area contributed by atoms with Gasteiger partial charge in [-0.25, -0.2) is 0 Å². The minimum atomic E-state index is -2.42. The molecule has 3 unspecified atom stereocenters. The highest BCUT2D eigenvalue weighted by atomic mass is 32.2. The quantitative estimate of drug-likeness (QED) is 0.838. The van der Waals surface area contributed by atoms with E-state index in [9.17, 15) is 13.6 Å². The second-order valence-electron chi connectivity index (χ2n) is 5.63. The van der Waals surface area contributed by atoms with Gasteiger partial charge in [-0.2, -0.15) is 8.78 Å². The summed E-state index contributed by atoms with van der Waals surface area (Å²) in [5.74, 6) is -1.37. The molecule has 1 aromatic carbocycles. The summed E-state index contributed by atoms with van der Waals surface area (Å²) >= 11 is 0.506. The zero-order valence-corrected chi connectivity index (χ0v) is 12.3. The van der Waals surface area contributed by atoms with Crippen LogP contribution in [0.1, 0.15) is 19.3 Å². The van der Waals surface area contributed by atoms with Crippen molar-refractivity contribution < 1.29 is 13.6 Å². The van der Waals surface area contributed by atoms with E-state index in [2.05, 4.69) is 10.6 Å². The van der Waals surface area contributed by atoms with Gasteiger partial charge in [-0.3, -0.25) is 4.79 Å². The molecule has 0 aromatic heterocycles. The van der Waals surface area contributed by atoms with Crippen molar-refractivity contribution in [1.82, 2.24) is 5.32 Å². The Bertz CT molecular complexity index is 509. The van der Waals surface area contributed by atoms with E-state index >= 15 is 0 Å². The van der Waals surface area contributed by atoms with Crippen LogP contribution in [-0.2, 0) is 4.79 Å². The van der Waals surface area contributed by atoms with Gasteiger partial charge in [-0.1, -0.05) is 18.2 Å². The lowest BCUT2D eigenvalue weighted by Crippen LogP contribution is -2.39. The Hall–Kier alpha value is -1.14. The van der Waals surface area contributed by atoms with Crippen LogP contribution < -0.4 is 10.6 Å². The predicted molar refractivity (Wildman–Crippen MR) is 79.6 cm³/mol. The average molecular weight is 312 g/mol. The number of amides is 1. The minimum Gasteiger partial charge on any atom is -0.325 e. The molecule has 0 radical (unpaired) electrons. The molecule has 3 nitrogen and oxygen atoms in total. The number of nitrogens with one attached hydrogen (secondary N) is 2. The van der Waals surface area contributed by atoms with E-state index in [1.165, 1.54) is 12.8 Å². The molecule has 2 aliphatic rings. The molecular weight excluding hydrogens is 294 g/mol. The molecule has 0 spiro atoms. The maximum absolute atomic E-state index is 12.3. The van der Waals surface area contributed by atoms with Crippen molar-refractivity contribution in [2.45, 2.75) is 36.0 Å². The van der Waals surface area contributed by atoms with E-state index < -0.39 is 5.76 Å². The summed E-state index contributed by atoms with van der Waals surface area (Å²) < 4.78 is 24.5. The van der Waals surface area contributed by atoms with Crippen molar-refractivity contribution in [3.05, 3.63) is 24.3 Å². The highest BCUT2D eigenvalue weighted by Crippen LogP contribution is 2.38. The average Bonchev–Trinajstić information content (AvgIpc) is 3.02. The monoisotopic (exact) mass is 312 g/mol. The number of alkyl halides is 2. The van der Waals surface area contributed by atoms with Gasteiger partial charge in [0.25, 0.3) is 5.76 Å². The molecule has 114 valence electrons. The number of benzene rings is 1. The maximum atomic E-state index is 12.3. The first-order valence-electron chi connectivity index (χ1n) is 7.22. The molecule has 2 N–H and O–H groups in total. The van der Waals surface area contributed by atoms with Crippen LogP contribution in [0.2, 0.25) is 0 Å². The van der Waals surface area contributed by atoms with Crippen LogP contribution in [0.25, 0.3) is 0 Å². The molecule has 1 amide bonds. The fourth-order valence-electron chi connectivity index (χ4n) is 3.41. The first-order valence-corrected chi connectivity index (χ1v) is 8.10. The van der Waals surface area contributed by atoms with E-state index in [4.69, 9.17) is 0 Å². The van der Waals surface area contributed by atoms with E-state index in [-0.39, 0.29) is 11.9 Å². The minimum absolute atomic E-state index is 0.0151. The molecule has 1 saturated carbocycles. The molecule has 3 atom stereocenters. The normalized spacial score (nSPS) is 27.9. The SMILES string of the molecule is O=C(Nc1ccc(SC(F)F)cc1)C1NCC2CCCC21. The molecule has 21 heavy (non-hydrogen) atoms. The van der Waals surface area contributed by atoms with Crippen molar-refractivity contribution >= 4 is 23.4 Å². The number of anilines is 1.